The molecule has 4 heteroatoms. The molecular weight excluding hydrogens is 293 g/mol. The van der Waals surface area contributed by atoms with Crippen LogP contribution in [-0.4, -0.2) is 19.1 Å². The number of carbonyl (C=O) groups is 1. The minimum absolute atomic E-state index is 0.0370. The van der Waals surface area contributed by atoms with Crippen molar-refractivity contribution in [3.63, 3.8) is 0 Å². The quantitative estimate of drug-likeness (QED) is 0.791. The number of hydrogen-bond acceptors (Lipinski definition) is 2. The third-order valence-corrected chi connectivity index (χ3v) is 3.53. The topological polar surface area (TPSA) is 38.3 Å². The largest absolute Gasteiger partial charge is 0.491 e. The third-order valence-electron chi connectivity index (χ3n) is 3.53. The number of benzene rings is 2. The Morgan fingerprint density at radius 1 is 1.13 bits per heavy atom. The van der Waals surface area contributed by atoms with E-state index < -0.39 is 0 Å². The molecule has 0 heterocycles. The molecule has 23 heavy (non-hydrogen) atoms. The van der Waals surface area contributed by atoms with Crippen LogP contribution in [0.25, 0.3) is 0 Å². The molecule has 2 aromatic rings. The average Bonchev–Trinajstić information content (AvgIpc) is 2.54. The summed E-state index contributed by atoms with van der Waals surface area (Å²) in [4.78, 5) is 11.8. The molecule has 122 valence electrons. The van der Waals surface area contributed by atoms with E-state index in [9.17, 15) is 9.18 Å². The Hall–Kier alpha value is -2.36. The van der Waals surface area contributed by atoms with Crippen LogP contribution in [0.3, 0.4) is 0 Å². The molecule has 0 unspecified atom stereocenters. The monoisotopic (exact) mass is 315 g/mol. The van der Waals surface area contributed by atoms with Gasteiger partial charge in [-0.2, -0.15) is 0 Å². The second-order valence-corrected chi connectivity index (χ2v) is 5.66. The van der Waals surface area contributed by atoms with Crippen molar-refractivity contribution < 1.29 is 13.9 Å². The molecule has 0 aliphatic heterocycles. The Labute approximate surface area is 136 Å². The number of carbonyl (C=O) groups excluding carboxylic acids is 1. The van der Waals surface area contributed by atoms with Crippen LogP contribution in [0, 0.1) is 5.82 Å². The molecule has 2 rings (SSSR count). The zero-order valence-electron chi connectivity index (χ0n) is 13.5. The predicted octanol–water partition coefficient (Wildman–Crippen LogP) is 3.69. The number of nitrogens with one attached hydrogen (secondary N) is 1. The third kappa shape index (κ3) is 5.09. The lowest BCUT2D eigenvalue weighted by molar-refractivity contribution is -0.120. The van der Waals surface area contributed by atoms with Gasteiger partial charge in [0.25, 0.3) is 0 Å². The van der Waals surface area contributed by atoms with E-state index in [-0.39, 0.29) is 18.1 Å². The van der Waals surface area contributed by atoms with Gasteiger partial charge in [0.05, 0.1) is 13.0 Å². The van der Waals surface area contributed by atoms with Gasteiger partial charge in [0.2, 0.25) is 5.91 Å². The highest BCUT2D eigenvalue weighted by atomic mass is 19.1. The van der Waals surface area contributed by atoms with E-state index in [0.29, 0.717) is 24.6 Å². The summed E-state index contributed by atoms with van der Waals surface area (Å²) in [5.74, 6) is 0.647. The van der Waals surface area contributed by atoms with Gasteiger partial charge in [0.1, 0.15) is 18.2 Å². The van der Waals surface area contributed by atoms with Crippen LogP contribution in [0.4, 0.5) is 4.39 Å². The SMILES string of the molecule is CC(C)c1ccccc1OCCNC(=O)Cc1ccccc1F. The molecule has 3 nitrogen and oxygen atoms in total. The number of amides is 1. The summed E-state index contributed by atoms with van der Waals surface area (Å²) in [5.41, 5.74) is 1.54. The molecule has 1 N–H and O–H groups in total. The van der Waals surface area contributed by atoms with E-state index in [2.05, 4.69) is 19.2 Å². The highest BCUT2D eigenvalue weighted by molar-refractivity contribution is 5.78. The van der Waals surface area contributed by atoms with Gasteiger partial charge in [0.15, 0.2) is 0 Å². The fourth-order valence-corrected chi connectivity index (χ4v) is 2.32. The summed E-state index contributed by atoms with van der Waals surface area (Å²) in [6.45, 7) is 4.99. The molecule has 1 amide bonds. The van der Waals surface area contributed by atoms with Crippen molar-refractivity contribution in [2.24, 2.45) is 0 Å². The first kappa shape index (κ1) is 17.0. The summed E-state index contributed by atoms with van der Waals surface area (Å²) in [6.07, 6.45) is 0.0370. The molecule has 2 aromatic carbocycles. The van der Waals surface area contributed by atoms with E-state index in [0.717, 1.165) is 11.3 Å². The molecule has 0 aromatic heterocycles. The molecule has 0 atom stereocenters. The van der Waals surface area contributed by atoms with E-state index in [1.54, 1.807) is 18.2 Å². The van der Waals surface area contributed by atoms with Crippen molar-refractivity contribution >= 4 is 5.91 Å². The summed E-state index contributed by atoms with van der Waals surface area (Å²) < 4.78 is 19.2. The molecular formula is C19H22FNO2. The number of ether oxygens (including phenoxy) is 1. The number of rotatable bonds is 7. The van der Waals surface area contributed by atoms with Gasteiger partial charge in [-0.15, -0.1) is 0 Å². The Morgan fingerprint density at radius 3 is 2.57 bits per heavy atom. The molecule has 0 bridgehead atoms. The first-order valence-corrected chi connectivity index (χ1v) is 7.79. The van der Waals surface area contributed by atoms with Crippen molar-refractivity contribution in [2.75, 3.05) is 13.2 Å². The maximum Gasteiger partial charge on any atom is 0.224 e. The van der Waals surface area contributed by atoms with Gasteiger partial charge in [0, 0.05) is 0 Å². The van der Waals surface area contributed by atoms with Crippen molar-refractivity contribution in [1.82, 2.24) is 5.32 Å². The van der Waals surface area contributed by atoms with Gasteiger partial charge >= 0.3 is 0 Å². The van der Waals surface area contributed by atoms with Crippen LogP contribution in [0.5, 0.6) is 5.75 Å². The molecule has 0 spiro atoms. The summed E-state index contributed by atoms with van der Waals surface area (Å²) in [6, 6.07) is 14.2. The minimum Gasteiger partial charge on any atom is -0.491 e. The van der Waals surface area contributed by atoms with Gasteiger partial charge < -0.3 is 10.1 Å². The number of halogens is 1. The fraction of sp³-hybridized carbons (Fsp3) is 0.316. The van der Waals surface area contributed by atoms with Gasteiger partial charge in [-0.1, -0.05) is 50.2 Å². The Bertz CT molecular complexity index is 655. The van der Waals surface area contributed by atoms with Crippen LogP contribution in [0.1, 0.15) is 30.9 Å². The van der Waals surface area contributed by atoms with Crippen LogP contribution >= 0.6 is 0 Å². The lowest BCUT2D eigenvalue weighted by Crippen LogP contribution is -2.29. The lowest BCUT2D eigenvalue weighted by atomic mass is 10.0. The molecule has 0 saturated carbocycles. The van der Waals surface area contributed by atoms with Crippen molar-refractivity contribution in [1.29, 1.82) is 0 Å². The van der Waals surface area contributed by atoms with Crippen molar-refractivity contribution in [3.8, 4) is 5.75 Å². The minimum atomic E-state index is -0.357. The Morgan fingerprint density at radius 2 is 1.83 bits per heavy atom. The maximum atomic E-state index is 13.5. The summed E-state index contributed by atoms with van der Waals surface area (Å²) in [5, 5.41) is 2.75. The second-order valence-electron chi connectivity index (χ2n) is 5.66. The van der Waals surface area contributed by atoms with Crippen molar-refractivity contribution in [2.45, 2.75) is 26.2 Å². The van der Waals surface area contributed by atoms with Crippen LogP contribution < -0.4 is 10.1 Å². The summed E-state index contributed by atoms with van der Waals surface area (Å²) >= 11 is 0. The highest BCUT2D eigenvalue weighted by Crippen LogP contribution is 2.25. The molecule has 0 radical (unpaired) electrons. The summed E-state index contributed by atoms with van der Waals surface area (Å²) in [7, 11) is 0. The average molecular weight is 315 g/mol. The first-order chi connectivity index (χ1) is 11.1. The zero-order chi connectivity index (χ0) is 16.7. The van der Waals surface area contributed by atoms with E-state index in [1.165, 1.54) is 6.07 Å². The maximum absolute atomic E-state index is 13.5. The zero-order valence-corrected chi connectivity index (χ0v) is 13.5. The molecule has 0 aliphatic carbocycles. The second kappa shape index (κ2) is 8.32. The Kier molecular flexibility index (Phi) is 6.15. The van der Waals surface area contributed by atoms with E-state index >= 15 is 0 Å². The van der Waals surface area contributed by atoms with E-state index in [4.69, 9.17) is 4.74 Å². The number of para-hydroxylation sites is 1. The van der Waals surface area contributed by atoms with Gasteiger partial charge in [-0.3, -0.25) is 4.79 Å². The Balaban J connectivity index is 1.78. The molecule has 0 aliphatic rings. The van der Waals surface area contributed by atoms with Crippen LogP contribution in [0.2, 0.25) is 0 Å². The smallest absolute Gasteiger partial charge is 0.224 e. The van der Waals surface area contributed by atoms with Crippen molar-refractivity contribution in [3.05, 3.63) is 65.5 Å². The van der Waals surface area contributed by atoms with Crippen LogP contribution in [-0.2, 0) is 11.2 Å². The standard InChI is InChI=1S/C19H22FNO2/c1-14(2)16-8-4-6-10-18(16)23-12-11-21-19(22)13-15-7-3-5-9-17(15)20/h3-10,14H,11-13H2,1-2H3,(H,21,22). The predicted molar refractivity (Wildman–Crippen MR) is 89.1 cm³/mol. The molecule has 0 saturated heterocycles. The lowest BCUT2D eigenvalue weighted by Gasteiger charge is -2.14. The highest BCUT2D eigenvalue weighted by Gasteiger charge is 2.08. The molecule has 0 fully saturated rings. The fourth-order valence-electron chi connectivity index (χ4n) is 2.32. The number of hydrogen-bond donors (Lipinski definition) is 1. The van der Waals surface area contributed by atoms with Crippen LogP contribution in [0.15, 0.2) is 48.5 Å². The first-order valence-electron chi connectivity index (χ1n) is 7.79. The van der Waals surface area contributed by atoms with E-state index in [1.807, 2.05) is 24.3 Å². The normalized spacial score (nSPS) is 10.6. The van der Waals surface area contributed by atoms with Gasteiger partial charge in [-0.05, 0) is 29.2 Å². The van der Waals surface area contributed by atoms with Gasteiger partial charge in [-0.25, -0.2) is 4.39 Å².